The quantitative estimate of drug-likeness (QED) is 0.211. The van der Waals surface area contributed by atoms with Crippen LogP contribution in [0.3, 0.4) is 0 Å². The van der Waals surface area contributed by atoms with Gasteiger partial charge in [-0.1, -0.05) is 12.8 Å². The number of aryl methyl sites for hydroxylation is 2. The average molecular weight is 405 g/mol. The van der Waals surface area contributed by atoms with Gasteiger partial charge >= 0.3 is 0 Å². The van der Waals surface area contributed by atoms with Gasteiger partial charge < -0.3 is 11.5 Å². The molecule has 0 fully saturated rings. The van der Waals surface area contributed by atoms with Crippen molar-refractivity contribution in [1.29, 1.82) is 0 Å². The van der Waals surface area contributed by atoms with Gasteiger partial charge in [0.15, 0.2) is 24.8 Å². The maximum Gasteiger partial charge on any atom is 0.176 e. The molecular weight excluding hydrogens is 368 g/mol. The van der Waals surface area contributed by atoms with Crippen molar-refractivity contribution >= 4 is 32.3 Å². The highest BCUT2D eigenvalue weighted by atomic mass is 14.9. The Balaban J connectivity index is 1.56. The molecule has 158 valence electrons. The first-order chi connectivity index (χ1) is 14.8. The Morgan fingerprint density at radius 1 is 0.467 bits per heavy atom. The summed E-state index contributed by atoms with van der Waals surface area (Å²) in [5.74, 6) is 0. The maximum atomic E-state index is 5.61. The molecule has 4 rings (SSSR count). The lowest BCUT2D eigenvalue weighted by molar-refractivity contribution is -0.695. The Morgan fingerprint density at radius 3 is 1.13 bits per heavy atom. The van der Waals surface area contributed by atoms with E-state index >= 15 is 0 Å². The van der Waals surface area contributed by atoms with Gasteiger partial charge in [0.1, 0.15) is 13.1 Å². The highest BCUT2D eigenvalue weighted by Crippen LogP contribution is 2.32. The minimum Gasteiger partial charge on any atom is -0.330 e. The summed E-state index contributed by atoms with van der Waals surface area (Å²) in [5.41, 5.74) is 11.2. The summed E-state index contributed by atoms with van der Waals surface area (Å²) in [6.07, 6.45) is 19.0. The van der Waals surface area contributed by atoms with Crippen molar-refractivity contribution in [3.63, 3.8) is 0 Å². The molecule has 2 heterocycles. The summed E-state index contributed by atoms with van der Waals surface area (Å²) in [6, 6.07) is 9.17. The van der Waals surface area contributed by atoms with Gasteiger partial charge in [-0.05, 0) is 63.0 Å². The number of hydrogen-bond donors (Lipinski definition) is 2. The van der Waals surface area contributed by atoms with Crippen LogP contribution in [0.1, 0.15) is 51.4 Å². The highest BCUT2D eigenvalue weighted by Gasteiger charge is 2.16. The standard InChI is InChI=1S/C26H36N4/c27-13-5-1-3-7-15-29-17-21-9-11-23-19-30(16-8-4-2-6-14-28)20-24-12-10-22(18-29)25(21)26(23)24/h9-12,17-20H,1-8,13-16,27-28H2/q+2. The molecule has 4 N–H and O–H groups in total. The van der Waals surface area contributed by atoms with Gasteiger partial charge in [-0.25, -0.2) is 9.13 Å². The third-order valence-electron chi connectivity index (χ3n) is 6.25. The first-order valence-electron chi connectivity index (χ1n) is 11.7. The van der Waals surface area contributed by atoms with Crippen molar-refractivity contribution in [1.82, 2.24) is 0 Å². The van der Waals surface area contributed by atoms with Crippen molar-refractivity contribution < 1.29 is 9.13 Å². The molecular formula is C26H36N4+2. The average Bonchev–Trinajstić information content (AvgIpc) is 2.77. The molecule has 0 aliphatic rings. The van der Waals surface area contributed by atoms with Crippen molar-refractivity contribution in [2.45, 2.75) is 64.5 Å². The number of nitrogens with zero attached hydrogens (tertiary/aromatic N) is 2. The summed E-state index contributed by atoms with van der Waals surface area (Å²) in [7, 11) is 0. The van der Waals surface area contributed by atoms with E-state index in [0.717, 1.165) is 39.0 Å². The van der Waals surface area contributed by atoms with Crippen LogP contribution in [0.2, 0.25) is 0 Å². The van der Waals surface area contributed by atoms with Crippen LogP contribution in [0.5, 0.6) is 0 Å². The zero-order valence-electron chi connectivity index (χ0n) is 18.2. The summed E-state index contributed by atoms with van der Waals surface area (Å²) in [6.45, 7) is 3.76. The predicted octanol–water partition coefficient (Wildman–Crippen LogP) is 4.20. The van der Waals surface area contributed by atoms with Crippen LogP contribution in [-0.4, -0.2) is 13.1 Å². The van der Waals surface area contributed by atoms with Gasteiger partial charge in [0.2, 0.25) is 0 Å². The Bertz CT molecular complexity index is 935. The molecule has 30 heavy (non-hydrogen) atoms. The van der Waals surface area contributed by atoms with E-state index in [2.05, 4.69) is 58.2 Å². The van der Waals surface area contributed by atoms with Crippen molar-refractivity contribution in [2.75, 3.05) is 13.1 Å². The molecule has 0 amide bonds. The van der Waals surface area contributed by atoms with Crippen LogP contribution >= 0.6 is 0 Å². The molecule has 0 saturated heterocycles. The fourth-order valence-electron chi connectivity index (χ4n) is 4.67. The topological polar surface area (TPSA) is 59.8 Å². The second kappa shape index (κ2) is 10.1. The highest BCUT2D eigenvalue weighted by molar-refractivity contribution is 6.21. The van der Waals surface area contributed by atoms with Crippen LogP contribution < -0.4 is 20.6 Å². The molecule has 0 aliphatic heterocycles. The lowest BCUT2D eigenvalue weighted by Gasteiger charge is -2.09. The van der Waals surface area contributed by atoms with E-state index in [9.17, 15) is 0 Å². The van der Waals surface area contributed by atoms with Crippen LogP contribution in [0.25, 0.3) is 32.3 Å². The smallest absolute Gasteiger partial charge is 0.176 e. The van der Waals surface area contributed by atoms with Crippen LogP contribution in [-0.2, 0) is 13.1 Å². The number of rotatable bonds is 12. The Hall–Kier alpha value is -2.30. The van der Waals surface area contributed by atoms with E-state index in [0.29, 0.717) is 0 Å². The van der Waals surface area contributed by atoms with E-state index in [1.165, 1.54) is 70.8 Å². The van der Waals surface area contributed by atoms with E-state index < -0.39 is 0 Å². The van der Waals surface area contributed by atoms with E-state index in [-0.39, 0.29) is 0 Å². The van der Waals surface area contributed by atoms with E-state index in [1.54, 1.807) is 0 Å². The summed E-state index contributed by atoms with van der Waals surface area (Å²) < 4.78 is 4.73. The maximum absolute atomic E-state index is 5.61. The number of aromatic nitrogens is 2. The Kier molecular flexibility index (Phi) is 7.08. The van der Waals surface area contributed by atoms with Crippen LogP contribution in [0.15, 0.2) is 49.1 Å². The molecule has 0 spiro atoms. The van der Waals surface area contributed by atoms with Gasteiger partial charge in [-0.2, -0.15) is 0 Å². The fraction of sp³-hybridized carbons (Fsp3) is 0.462. The van der Waals surface area contributed by atoms with Crippen molar-refractivity contribution in [3.05, 3.63) is 49.1 Å². The Labute approximate surface area is 179 Å². The zero-order chi connectivity index (χ0) is 20.8. The van der Waals surface area contributed by atoms with E-state index in [1.807, 2.05) is 0 Å². The normalized spacial score (nSPS) is 11.9. The van der Waals surface area contributed by atoms with Crippen LogP contribution in [0, 0.1) is 0 Å². The van der Waals surface area contributed by atoms with Gasteiger partial charge in [0, 0.05) is 45.2 Å². The Morgan fingerprint density at radius 2 is 0.800 bits per heavy atom. The third-order valence-corrected chi connectivity index (χ3v) is 6.25. The van der Waals surface area contributed by atoms with Gasteiger partial charge in [0.25, 0.3) is 0 Å². The lowest BCUT2D eigenvalue weighted by Crippen LogP contribution is -2.33. The molecule has 0 atom stereocenters. The minimum absolute atomic E-state index is 0.807. The lowest BCUT2D eigenvalue weighted by atomic mass is 9.97. The molecule has 0 saturated carbocycles. The van der Waals surface area contributed by atoms with Gasteiger partial charge in [-0.15, -0.1) is 0 Å². The van der Waals surface area contributed by atoms with Gasteiger partial charge in [0.05, 0.1) is 0 Å². The molecule has 4 aromatic rings. The molecule has 4 nitrogen and oxygen atoms in total. The summed E-state index contributed by atoms with van der Waals surface area (Å²) in [5, 5.41) is 8.16. The fourth-order valence-corrected chi connectivity index (χ4v) is 4.67. The monoisotopic (exact) mass is 404 g/mol. The molecule has 0 unspecified atom stereocenters. The first kappa shape index (κ1) is 21.0. The second-order valence-corrected chi connectivity index (χ2v) is 8.64. The number of hydrogen-bond acceptors (Lipinski definition) is 2. The van der Waals surface area contributed by atoms with E-state index in [4.69, 9.17) is 11.5 Å². The minimum atomic E-state index is 0.807. The first-order valence-corrected chi connectivity index (χ1v) is 11.7. The largest absolute Gasteiger partial charge is 0.330 e. The zero-order valence-corrected chi connectivity index (χ0v) is 18.2. The number of pyridine rings is 2. The van der Waals surface area contributed by atoms with Crippen molar-refractivity contribution in [2.24, 2.45) is 11.5 Å². The summed E-state index contributed by atoms with van der Waals surface area (Å²) in [4.78, 5) is 0. The molecule has 0 radical (unpaired) electrons. The number of nitrogens with two attached hydrogens (primary N) is 2. The molecule has 2 aromatic heterocycles. The molecule has 0 bridgehead atoms. The molecule has 4 heteroatoms. The summed E-state index contributed by atoms with van der Waals surface area (Å²) >= 11 is 0. The number of unbranched alkanes of at least 4 members (excludes halogenated alkanes) is 6. The van der Waals surface area contributed by atoms with Gasteiger partial charge in [-0.3, -0.25) is 0 Å². The SMILES string of the molecule is NCCCCCC[n+]1cc2ccc3c[n+](CCCCCCN)cc4ccc(c1)c2c34. The van der Waals surface area contributed by atoms with Crippen molar-refractivity contribution in [3.8, 4) is 0 Å². The number of benzene rings is 2. The second-order valence-electron chi connectivity index (χ2n) is 8.64. The molecule has 0 aliphatic carbocycles. The predicted molar refractivity (Wildman–Crippen MR) is 126 cm³/mol. The molecule has 2 aromatic carbocycles. The van der Waals surface area contributed by atoms with Crippen LogP contribution in [0.4, 0.5) is 0 Å². The third kappa shape index (κ3) is 4.71.